The second-order valence-electron chi connectivity index (χ2n) is 19.0. The van der Waals surface area contributed by atoms with E-state index in [1.165, 1.54) is 250 Å². The first-order chi connectivity index (χ1) is 30.2. The second-order valence-corrected chi connectivity index (χ2v) is 19.0. The molecule has 4 heteroatoms. The summed E-state index contributed by atoms with van der Waals surface area (Å²) in [7, 11) is 0. The average molecular weight is 857 g/mol. The Balaban J connectivity index is 3.44. The lowest BCUT2D eigenvalue weighted by atomic mass is 10.0. The van der Waals surface area contributed by atoms with Gasteiger partial charge in [-0.2, -0.15) is 0 Å². The van der Waals surface area contributed by atoms with Crippen LogP contribution < -0.4 is 5.32 Å². The number of carbonyl (C=O) groups is 1. The Morgan fingerprint density at radius 1 is 0.377 bits per heavy atom. The van der Waals surface area contributed by atoms with Crippen LogP contribution in [0, 0.1) is 0 Å². The standard InChI is InChI=1S/C57H109NO3/c1-3-5-7-9-11-13-15-17-19-21-22-23-24-25-26-27-28-29-30-31-32-33-34-35-36-37-39-41-43-45-47-49-51-53-57(61)58-55(54-59)56(60)52-50-48-46-44-42-40-38-20-18-16-14-12-10-8-6-4-2/h21-22,42,44,50,52,55-56,59-60H,3-20,23-41,43,45-49,51,53-54H2,1-2H3,(H,58,61)/b22-21-,44-42+,52-50+. The highest BCUT2D eigenvalue weighted by atomic mass is 16.3. The smallest absolute Gasteiger partial charge is 0.220 e. The number of rotatable bonds is 51. The highest BCUT2D eigenvalue weighted by molar-refractivity contribution is 5.76. The van der Waals surface area contributed by atoms with Crippen LogP contribution in [0.1, 0.15) is 303 Å². The van der Waals surface area contributed by atoms with Crippen molar-refractivity contribution in [1.29, 1.82) is 0 Å². The molecule has 0 aliphatic carbocycles. The molecule has 0 rings (SSSR count). The lowest BCUT2D eigenvalue weighted by molar-refractivity contribution is -0.123. The molecule has 0 aliphatic rings. The van der Waals surface area contributed by atoms with Crippen molar-refractivity contribution in [3.05, 3.63) is 36.5 Å². The molecule has 3 N–H and O–H groups in total. The number of amides is 1. The van der Waals surface area contributed by atoms with Crippen LogP contribution in [-0.4, -0.2) is 34.9 Å². The van der Waals surface area contributed by atoms with E-state index < -0.39 is 12.1 Å². The van der Waals surface area contributed by atoms with Crippen LogP contribution in [0.2, 0.25) is 0 Å². The van der Waals surface area contributed by atoms with E-state index in [9.17, 15) is 15.0 Å². The Hall–Kier alpha value is -1.39. The Kier molecular flexibility index (Phi) is 51.7. The van der Waals surface area contributed by atoms with Crippen molar-refractivity contribution in [2.45, 2.75) is 315 Å². The number of nitrogens with one attached hydrogen (secondary N) is 1. The van der Waals surface area contributed by atoms with Gasteiger partial charge in [-0.05, 0) is 57.8 Å². The largest absolute Gasteiger partial charge is 0.394 e. The summed E-state index contributed by atoms with van der Waals surface area (Å²) in [5.74, 6) is -0.0690. The molecule has 0 radical (unpaired) electrons. The van der Waals surface area contributed by atoms with Crippen molar-refractivity contribution in [1.82, 2.24) is 5.32 Å². The molecule has 0 aromatic carbocycles. The van der Waals surface area contributed by atoms with Gasteiger partial charge in [0.25, 0.3) is 0 Å². The second kappa shape index (κ2) is 53.0. The summed E-state index contributed by atoms with van der Waals surface area (Å²) in [6.07, 6.45) is 71.7. The number of carbonyl (C=O) groups excluding carboxylic acids is 1. The maximum absolute atomic E-state index is 12.4. The van der Waals surface area contributed by atoms with E-state index in [2.05, 4.69) is 43.5 Å². The molecule has 2 unspecified atom stereocenters. The first kappa shape index (κ1) is 59.6. The summed E-state index contributed by atoms with van der Waals surface area (Å²) in [5.41, 5.74) is 0. The van der Waals surface area contributed by atoms with Crippen LogP contribution in [-0.2, 0) is 4.79 Å². The monoisotopic (exact) mass is 856 g/mol. The van der Waals surface area contributed by atoms with Gasteiger partial charge in [-0.15, -0.1) is 0 Å². The molecule has 0 bridgehead atoms. The first-order valence-electron chi connectivity index (χ1n) is 27.7. The van der Waals surface area contributed by atoms with E-state index in [1.54, 1.807) is 6.08 Å². The number of aliphatic hydroxyl groups is 2. The molecule has 0 saturated carbocycles. The van der Waals surface area contributed by atoms with Gasteiger partial charge in [-0.1, -0.05) is 275 Å². The lowest BCUT2D eigenvalue weighted by Gasteiger charge is -2.19. The number of hydrogen-bond donors (Lipinski definition) is 3. The zero-order chi connectivity index (χ0) is 44.2. The third-order valence-electron chi connectivity index (χ3n) is 12.8. The van der Waals surface area contributed by atoms with E-state index in [0.717, 1.165) is 32.1 Å². The van der Waals surface area contributed by atoms with Crippen LogP contribution in [0.3, 0.4) is 0 Å². The summed E-state index contributed by atoms with van der Waals surface area (Å²) in [5, 5.41) is 23.1. The molecule has 0 aromatic heterocycles. The van der Waals surface area contributed by atoms with E-state index >= 15 is 0 Å². The number of allylic oxidation sites excluding steroid dienone is 5. The third-order valence-corrected chi connectivity index (χ3v) is 12.8. The Morgan fingerprint density at radius 3 is 0.951 bits per heavy atom. The molecule has 0 aromatic rings. The van der Waals surface area contributed by atoms with Crippen molar-refractivity contribution in [3.8, 4) is 0 Å². The molecule has 2 atom stereocenters. The van der Waals surface area contributed by atoms with Gasteiger partial charge >= 0.3 is 0 Å². The van der Waals surface area contributed by atoms with Gasteiger partial charge in [0.1, 0.15) is 0 Å². The summed E-state index contributed by atoms with van der Waals surface area (Å²) in [6, 6.07) is -0.637. The van der Waals surface area contributed by atoms with Gasteiger partial charge in [0.05, 0.1) is 18.8 Å². The van der Waals surface area contributed by atoms with Crippen LogP contribution >= 0.6 is 0 Å². The van der Waals surface area contributed by atoms with Crippen LogP contribution in [0.5, 0.6) is 0 Å². The lowest BCUT2D eigenvalue weighted by Crippen LogP contribution is -2.45. The topological polar surface area (TPSA) is 69.6 Å². The van der Waals surface area contributed by atoms with Gasteiger partial charge in [0.2, 0.25) is 5.91 Å². The normalized spacial score (nSPS) is 13.0. The maximum atomic E-state index is 12.4. The molecule has 0 heterocycles. The third kappa shape index (κ3) is 49.5. The van der Waals surface area contributed by atoms with Crippen molar-refractivity contribution < 1.29 is 15.0 Å². The summed E-state index contributed by atoms with van der Waals surface area (Å²) < 4.78 is 0. The maximum Gasteiger partial charge on any atom is 0.220 e. The molecule has 0 aliphatic heterocycles. The summed E-state index contributed by atoms with van der Waals surface area (Å²) in [4.78, 5) is 12.4. The van der Waals surface area contributed by atoms with Crippen molar-refractivity contribution in [2.24, 2.45) is 0 Å². The quantitative estimate of drug-likeness (QED) is 0.0422. The summed E-state index contributed by atoms with van der Waals surface area (Å²) in [6.45, 7) is 4.32. The Morgan fingerprint density at radius 2 is 0.639 bits per heavy atom. The predicted molar refractivity (Wildman–Crippen MR) is 272 cm³/mol. The minimum Gasteiger partial charge on any atom is -0.394 e. The summed E-state index contributed by atoms with van der Waals surface area (Å²) >= 11 is 0. The first-order valence-corrected chi connectivity index (χ1v) is 27.7. The zero-order valence-electron chi connectivity index (χ0n) is 41.4. The van der Waals surface area contributed by atoms with Crippen LogP contribution in [0.25, 0.3) is 0 Å². The number of unbranched alkanes of at least 4 members (excludes halogenated alkanes) is 40. The van der Waals surface area contributed by atoms with Gasteiger partial charge in [-0.25, -0.2) is 0 Å². The zero-order valence-corrected chi connectivity index (χ0v) is 41.4. The predicted octanol–water partition coefficient (Wildman–Crippen LogP) is 18.1. The fraction of sp³-hybridized carbons (Fsp3) is 0.877. The Labute approximate surface area is 382 Å². The van der Waals surface area contributed by atoms with Gasteiger partial charge in [-0.3, -0.25) is 4.79 Å². The fourth-order valence-corrected chi connectivity index (χ4v) is 8.60. The molecular weight excluding hydrogens is 747 g/mol. The Bertz CT molecular complexity index is 928. The number of hydrogen-bond acceptors (Lipinski definition) is 3. The van der Waals surface area contributed by atoms with E-state index in [1.807, 2.05) is 6.08 Å². The highest BCUT2D eigenvalue weighted by Gasteiger charge is 2.18. The van der Waals surface area contributed by atoms with E-state index in [0.29, 0.717) is 6.42 Å². The molecule has 0 spiro atoms. The van der Waals surface area contributed by atoms with Crippen molar-refractivity contribution in [3.63, 3.8) is 0 Å². The van der Waals surface area contributed by atoms with Gasteiger partial charge < -0.3 is 15.5 Å². The van der Waals surface area contributed by atoms with E-state index in [4.69, 9.17) is 0 Å². The van der Waals surface area contributed by atoms with Gasteiger partial charge in [0.15, 0.2) is 0 Å². The highest BCUT2D eigenvalue weighted by Crippen LogP contribution is 2.17. The molecule has 4 nitrogen and oxygen atoms in total. The molecule has 1 amide bonds. The molecule has 0 fully saturated rings. The van der Waals surface area contributed by atoms with Crippen molar-refractivity contribution >= 4 is 5.91 Å². The fourth-order valence-electron chi connectivity index (χ4n) is 8.60. The van der Waals surface area contributed by atoms with Crippen LogP contribution in [0.4, 0.5) is 0 Å². The van der Waals surface area contributed by atoms with Crippen LogP contribution in [0.15, 0.2) is 36.5 Å². The number of aliphatic hydroxyl groups excluding tert-OH is 2. The molecule has 0 saturated heterocycles. The van der Waals surface area contributed by atoms with Crippen molar-refractivity contribution in [2.75, 3.05) is 6.61 Å². The molecular formula is C57H109NO3. The molecule has 61 heavy (non-hydrogen) atoms. The minimum atomic E-state index is -0.860. The van der Waals surface area contributed by atoms with Gasteiger partial charge in [0, 0.05) is 6.42 Å². The molecule has 360 valence electrons. The van der Waals surface area contributed by atoms with E-state index in [-0.39, 0.29) is 12.5 Å². The SMILES string of the molecule is CCCCCCCCCC/C=C\CCCCCCCCCCCCCCCCCCCCCCCC(=O)NC(CO)C(O)/C=C/CC/C=C/CCCCCCCCCCCC. The average Bonchev–Trinajstić information content (AvgIpc) is 3.26. The minimum absolute atomic E-state index is 0.0690.